The van der Waals surface area contributed by atoms with Crippen LogP contribution in [0.2, 0.25) is 0 Å². The maximum absolute atomic E-state index is 5.28. The summed E-state index contributed by atoms with van der Waals surface area (Å²) in [5, 5.41) is 1.22. The van der Waals surface area contributed by atoms with Crippen LogP contribution in [-0.2, 0) is 0 Å². The molecule has 2 aromatic carbocycles. The molecule has 3 nitrogen and oxygen atoms in total. The molecule has 3 aromatic rings. The van der Waals surface area contributed by atoms with Gasteiger partial charge in [0.2, 0.25) is 0 Å². The lowest BCUT2D eigenvalue weighted by Crippen LogP contribution is -1.88. The minimum absolute atomic E-state index is 0.786. The topological polar surface area (TPSA) is 34.2 Å². The maximum atomic E-state index is 5.28. The molecule has 21 heavy (non-hydrogen) atoms. The Hall–Kier alpha value is -2.68. The van der Waals surface area contributed by atoms with Crippen molar-refractivity contribution in [3.05, 3.63) is 59.8 Å². The largest absolute Gasteiger partial charge is 0.497 e. The standard InChI is InChI=1S/C18H17NO2/c1-20-16-9-14(10-17(12-16)21-2)4-3-13-5-6-15-7-8-19-18(15)11-13/h3-12,19H,1-2H3/b4-3-. The van der Waals surface area contributed by atoms with E-state index in [0.29, 0.717) is 0 Å². The second kappa shape index (κ2) is 5.75. The summed E-state index contributed by atoms with van der Waals surface area (Å²) in [7, 11) is 3.31. The number of benzene rings is 2. The lowest BCUT2D eigenvalue weighted by atomic mass is 10.1. The predicted molar refractivity (Wildman–Crippen MR) is 86.8 cm³/mol. The highest BCUT2D eigenvalue weighted by atomic mass is 16.5. The average Bonchev–Trinajstić information content (AvgIpc) is 3.00. The molecule has 3 heteroatoms. The maximum Gasteiger partial charge on any atom is 0.123 e. The van der Waals surface area contributed by atoms with Crippen molar-refractivity contribution in [2.75, 3.05) is 14.2 Å². The molecule has 0 bridgehead atoms. The van der Waals surface area contributed by atoms with E-state index in [-0.39, 0.29) is 0 Å². The van der Waals surface area contributed by atoms with Gasteiger partial charge in [-0.15, -0.1) is 0 Å². The Morgan fingerprint density at radius 1 is 0.810 bits per heavy atom. The zero-order valence-corrected chi connectivity index (χ0v) is 12.1. The van der Waals surface area contributed by atoms with Crippen LogP contribution >= 0.6 is 0 Å². The molecule has 0 aliphatic rings. The molecule has 1 heterocycles. The predicted octanol–water partition coefficient (Wildman–Crippen LogP) is 4.36. The molecule has 0 unspecified atom stereocenters. The van der Waals surface area contributed by atoms with Crippen molar-refractivity contribution in [1.29, 1.82) is 0 Å². The molecule has 0 saturated carbocycles. The van der Waals surface area contributed by atoms with Crippen LogP contribution in [0, 0.1) is 0 Å². The molecule has 0 radical (unpaired) electrons. The van der Waals surface area contributed by atoms with Gasteiger partial charge in [0.25, 0.3) is 0 Å². The van der Waals surface area contributed by atoms with Gasteiger partial charge < -0.3 is 14.5 Å². The molecule has 0 aliphatic carbocycles. The zero-order valence-electron chi connectivity index (χ0n) is 12.1. The number of aromatic amines is 1. The molecule has 1 N–H and O–H groups in total. The fraction of sp³-hybridized carbons (Fsp3) is 0.111. The molecule has 106 valence electrons. The highest BCUT2D eigenvalue weighted by Gasteiger charge is 2.00. The molecule has 0 fully saturated rings. The van der Waals surface area contributed by atoms with Gasteiger partial charge >= 0.3 is 0 Å². The van der Waals surface area contributed by atoms with Gasteiger partial charge in [0.05, 0.1) is 14.2 Å². The van der Waals surface area contributed by atoms with Crippen molar-refractivity contribution < 1.29 is 9.47 Å². The Bertz CT molecular complexity index is 765. The van der Waals surface area contributed by atoms with Crippen molar-refractivity contribution in [1.82, 2.24) is 4.98 Å². The monoisotopic (exact) mass is 279 g/mol. The van der Waals surface area contributed by atoms with Gasteiger partial charge in [0.1, 0.15) is 11.5 Å². The summed E-state index contributed by atoms with van der Waals surface area (Å²) in [4.78, 5) is 3.22. The summed E-state index contributed by atoms with van der Waals surface area (Å²) in [6.45, 7) is 0. The van der Waals surface area contributed by atoms with Gasteiger partial charge in [-0.2, -0.15) is 0 Å². The number of nitrogens with one attached hydrogen (secondary N) is 1. The second-order valence-electron chi connectivity index (χ2n) is 4.80. The first-order valence-electron chi connectivity index (χ1n) is 6.77. The van der Waals surface area contributed by atoms with E-state index in [1.54, 1.807) is 14.2 Å². The fourth-order valence-electron chi connectivity index (χ4n) is 2.29. The molecular weight excluding hydrogens is 262 g/mol. The van der Waals surface area contributed by atoms with Gasteiger partial charge in [-0.25, -0.2) is 0 Å². The smallest absolute Gasteiger partial charge is 0.123 e. The molecule has 0 aliphatic heterocycles. The van der Waals surface area contributed by atoms with Crippen LogP contribution in [0.5, 0.6) is 11.5 Å². The lowest BCUT2D eigenvalue weighted by molar-refractivity contribution is 0.394. The third-order valence-corrected chi connectivity index (χ3v) is 3.42. The van der Waals surface area contributed by atoms with Gasteiger partial charge in [-0.1, -0.05) is 24.3 Å². The van der Waals surface area contributed by atoms with E-state index < -0.39 is 0 Å². The van der Waals surface area contributed by atoms with Crippen LogP contribution in [0.3, 0.4) is 0 Å². The Morgan fingerprint density at radius 3 is 2.24 bits per heavy atom. The third-order valence-electron chi connectivity index (χ3n) is 3.42. The number of rotatable bonds is 4. The van der Waals surface area contributed by atoms with E-state index in [2.05, 4.69) is 41.4 Å². The number of hydrogen-bond donors (Lipinski definition) is 1. The SMILES string of the molecule is COc1cc(/C=C\c2ccc3cc[nH]c3c2)cc(OC)c1. The number of methoxy groups -OCH3 is 2. The Morgan fingerprint density at radius 2 is 1.52 bits per heavy atom. The molecule has 1 aromatic heterocycles. The minimum Gasteiger partial charge on any atom is -0.497 e. The van der Waals surface area contributed by atoms with Crippen LogP contribution in [0.15, 0.2) is 48.7 Å². The Labute approximate surface area is 123 Å². The van der Waals surface area contributed by atoms with Crippen molar-refractivity contribution in [3.8, 4) is 11.5 Å². The number of ether oxygens (including phenoxy) is 2. The first-order valence-corrected chi connectivity index (χ1v) is 6.77. The van der Waals surface area contributed by atoms with E-state index in [1.165, 1.54) is 5.39 Å². The van der Waals surface area contributed by atoms with E-state index in [9.17, 15) is 0 Å². The molecule has 0 amide bonds. The molecule has 0 spiro atoms. The molecule has 3 rings (SSSR count). The van der Waals surface area contributed by atoms with Crippen LogP contribution in [0.4, 0.5) is 0 Å². The highest BCUT2D eigenvalue weighted by Crippen LogP contribution is 2.24. The van der Waals surface area contributed by atoms with Gasteiger partial charge in [0, 0.05) is 17.8 Å². The van der Waals surface area contributed by atoms with Crippen molar-refractivity contribution >= 4 is 23.1 Å². The molecule has 0 saturated heterocycles. The quantitative estimate of drug-likeness (QED) is 0.720. The Kier molecular flexibility index (Phi) is 3.65. The van der Waals surface area contributed by atoms with E-state index in [0.717, 1.165) is 28.1 Å². The number of H-pyrrole nitrogens is 1. The van der Waals surface area contributed by atoms with Gasteiger partial charge in [-0.05, 0) is 40.8 Å². The number of aromatic nitrogens is 1. The summed E-state index contributed by atoms with van der Waals surface area (Å²) < 4.78 is 10.6. The van der Waals surface area contributed by atoms with Gasteiger partial charge in [-0.3, -0.25) is 0 Å². The summed E-state index contributed by atoms with van der Waals surface area (Å²) in [5.41, 5.74) is 3.32. The van der Waals surface area contributed by atoms with Crippen molar-refractivity contribution in [2.45, 2.75) is 0 Å². The zero-order chi connectivity index (χ0) is 14.7. The van der Waals surface area contributed by atoms with Gasteiger partial charge in [0.15, 0.2) is 0 Å². The average molecular weight is 279 g/mol. The number of hydrogen-bond acceptors (Lipinski definition) is 2. The second-order valence-corrected chi connectivity index (χ2v) is 4.80. The lowest BCUT2D eigenvalue weighted by Gasteiger charge is -2.05. The number of fused-ring (bicyclic) bond motifs is 1. The Balaban J connectivity index is 1.90. The van der Waals surface area contributed by atoms with Crippen LogP contribution in [0.1, 0.15) is 11.1 Å². The normalized spacial score (nSPS) is 11.1. The highest BCUT2D eigenvalue weighted by molar-refractivity contribution is 5.83. The molecular formula is C18H17NO2. The van der Waals surface area contributed by atoms with E-state index in [4.69, 9.17) is 9.47 Å². The van der Waals surface area contributed by atoms with E-state index in [1.807, 2.05) is 24.4 Å². The first kappa shape index (κ1) is 13.3. The summed E-state index contributed by atoms with van der Waals surface area (Å²) >= 11 is 0. The third kappa shape index (κ3) is 2.92. The van der Waals surface area contributed by atoms with E-state index >= 15 is 0 Å². The first-order chi connectivity index (χ1) is 10.3. The molecule has 0 atom stereocenters. The van der Waals surface area contributed by atoms with Crippen molar-refractivity contribution in [2.24, 2.45) is 0 Å². The minimum atomic E-state index is 0.786. The van der Waals surface area contributed by atoms with Crippen LogP contribution in [-0.4, -0.2) is 19.2 Å². The fourth-order valence-corrected chi connectivity index (χ4v) is 2.29. The van der Waals surface area contributed by atoms with Crippen molar-refractivity contribution in [3.63, 3.8) is 0 Å². The van der Waals surface area contributed by atoms with Crippen LogP contribution < -0.4 is 9.47 Å². The summed E-state index contributed by atoms with van der Waals surface area (Å²) in [6.07, 6.45) is 6.08. The summed E-state index contributed by atoms with van der Waals surface area (Å²) in [5.74, 6) is 1.57. The van der Waals surface area contributed by atoms with Crippen LogP contribution in [0.25, 0.3) is 23.1 Å². The summed E-state index contributed by atoms with van der Waals surface area (Å²) in [6, 6.07) is 14.2.